The fourth-order valence-corrected chi connectivity index (χ4v) is 2.57. The lowest BCUT2D eigenvalue weighted by atomic mass is 10.1. The zero-order chi connectivity index (χ0) is 14.5. The van der Waals surface area contributed by atoms with Gasteiger partial charge in [-0.3, -0.25) is 4.79 Å². The summed E-state index contributed by atoms with van der Waals surface area (Å²) in [7, 11) is 3.12. The SMILES string of the molecule is COc1ccc(C(=O)C=Cc2ccc(C)s2)c(OC)c1. The number of aryl methyl sites for hydroxylation is 1. The molecule has 0 spiro atoms. The number of hydrogen-bond donors (Lipinski definition) is 0. The highest BCUT2D eigenvalue weighted by atomic mass is 32.1. The molecule has 3 nitrogen and oxygen atoms in total. The number of ether oxygens (including phenoxy) is 2. The predicted octanol–water partition coefficient (Wildman–Crippen LogP) is 3.97. The van der Waals surface area contributed by atoms with Crippen LogP contribution < -0.4 is 9.47 Å². The molecule has 20 heavy (non-hydrogen) atoms. The molecular formula is C16H16O3S. The van der Waals surface area contributed by atoms with Gasteiger partial charge in [0.15, 0.2) is 5.78 Å². The van der Waals surface area contributed by atoms with E-state index in [1.807, 2.05) is 25.1 Å². The first kappa shape index (κ1) is 14.3. The van der Waals surface area contributed by atoms with Gasteiger partial charge >= 0.3 is 0 Å². The van der Waals surface area contributed by atoms with Gasteiger partial charge in [0, 0.05) is 15.8 Å². The van der Waals surface area contributed by atoms with Crippen LogP contribution in [-0.4, -0.2) is 20.0 Å². The Morgan fingerprint density at radius 1 is 1.15 bits per heavy atom. The third kappa shape index (κ3) is 3.27. The van der Waals surface area contributed by atoms with E-state index in [9.17, 15) is 4.79 Å². The minimum Gasteiger partial charge on any atom is -0.497 e. The van der Waals surface area contributed by atoms with Crippen LogP contribution in [0.3, 0.4) is 0 Å². The Morgan fingerprint density at radius 2 is 1.95 bits per heavy atom. The van der Waals surface area contributed by atoms with Crippen LogP contribution >= 0.6 is 11.3 Å². The number of thiophene rings is 1. The molecule has 0 N–H and O–H groups in total. The van der Waals surface area contributed by atoms with Gasteiger partial charge in [0.05, 0.1) is 19.8 Å². The maximum Gasteiger partial charge on any atom is 0.189 e. The maximum atomic E-state index is 12.2. The molecule has 1 heterocycles. The molecule has 2 aromatic rings. The summed E-state index contributed by atoms with van der Waals surface area (Å²) >= 11 is 1.65. The van der Waals surface area contributed by atoms with E-state index in [4.69, 9.17) is 9.47 Å². The summed E-state index contributed by atoms with van der Waals surface area (Å²) < 4.78 is 10.3. The highest BCUT2D eigenvalue weighted by Crippen LogP contribution is 2.25. The van der Waals surface area contributed by atoms with Crippen LogP contribution in [0, 0.1) is 6.92 Å². The van der Waals surface area contributed by atoms with Gasteiger partial charge in [0.2, 0.25) is 0 Å². The highest BCUT2D eigenvalue weighted by molar-refractivity contribution is 7.12. The van der Waals surface area contributed by atoms with E-state index >= 15 is 0 Å². The third-order valence-corrected chi connectivity index (χ3v) is 3.80. The number of hydrogen-bond acceptors (Lipinski definition) is 4. The van der Waals surface area contributed by atoms with Crippen molar-refractivity contribution >= 4 is 23.2 Å². The van der Waals surface area contributed by atoms with Gasteiger partial charge in [-0.2, -0.15) is 0 Å². The summed E-state index contributed by atoms with van der Waals surface area (Å²) in [5, 5.41) is 0. The second kappa shape index (κ2) is 6.39. The molecule has 0 amide bonds. The van der Waals surface area contributed by atoms with Gasteiger partial charge in [-0.25, -0.2) is 0 Å². The van der Waals surface area contributed by atoms with E-state index in [-0.39, 0.29) is 5.78 Å². The Kier molecular flexibility index (Phi) is 4.58. The Balaban J connectivity index is 2.22. The molecule has 0 radical (unpaired) electrons. The van der Waals surface area contributed by atoms with Crippen molar-refractivity contribution in [2.75, 3.05) is 14.2 Å². The molecule has 1 aromatic heterocycles. The smallest absolute Gasteiger partial charge is 0.189 e. The van der Waals surface area contributed by atoms with E-state index in [1.165, 1.54) is 12.0 Å². The third-order valence-electron chi connectivity index (χ3n) is 2.83. The van der Waals surface area contributed by atoms with E-state index in [0.717, 1.165) is 4.88 Å². The average Bonchev–Trinajstić information content (AvgIpc) is 2.89. The minimum absolute atomic E-state index is 0.0874. The van der Waals surface area contributed by atoms with Crippen molar-refractivity contribution in [1.29, 1.82) is 0 Å². The van der Waals surface area contributed by atoms with Gasteiger partial charge < -0.3 is 9.47 Å². The molecule has 0 aliphatic rings. The van der Waals surface area contributed by atoms with Gasteiger partial charge in [-0.05, 0) is 43.3 Å². The first-order valence-corrected chi connectivity index (χ1v) is 6.96. The van der Waals surface area contributed by atoms with Gasteiger partial charge in [-0.1, -0.05) is 0 Å². The van der Waals surface area contributed by atoms with Crippen molar-refractivity contribution in [2.45, 2.75) is 6.92 Å². The van der Waals surface area contributed by atoms with Crippen LogP contribution in [0.25, 0.3) is 6.08 Å². The normalized spacial score (nSPS) is 10.8. The van der Waals surface area contributed by atoms with E-state index in [2.05, 4.69) is 0 Å². The first-order valence-electron chi connectivity index (χ1n) is 6.15. The summed E-state index contributed by atoms with van der Waals surface area (Å²) in [4.78, 5) is 14.5. The van der Waals surface area contributed by atoms with E-state index in [1.54, 1.807) is 42.7 Å². The second-order valence-corrected chi connectivity index (χ2v) is 5.53. The van der Waals surface area contributed by atoms with Gasteiger partial charge in [0.1, 0.15) is 11.5 Å². The molecule has 0 bridgehead atoms. The number of carbonyl (C=O) groups excluding carboxylic acids is 1. The van der Waals surface area contributed by atoms with Crippen LogP contribution in [0.15, 0.2) is 36.4 Å². The van der Waals surface area contributed by atoms with Crippen LogP contribution in [0.1, 0.15) is 20.1 Å². The Hall–Kier alpha value is -2.07. The fraction of sp³-hybridized carbons (Fsp3) is 0.188. The van der Waals surface area contributed by atoms with Crippen molar-refractivity contribution in [3.8, 4) is 11.5 Å². The standard InChI is InChI=1S/C16H16O3S/c1-11-4-6-13(20-11)7-9-15(17)14-8-5-12(18-2)10-16(14)19-3/h4-10H,1-3H3. The molecule has 1 aromatic carbocycles. The molecule has 0 aliphatic carbocycles. The Labute approximate surface area is 122 Å². The molecule has 0 fully saturated rings. The van der Waals surface area contributed by atoms with Crippen molar-refractivity contribution in [3.05, 3.63) is 51.7 Å². The van der Waals surface area contributed by atoms with Crippen LogP contribution in [-0.2, 0) is 0 Å². The lowest BCUT2D eigenvalue weighted by Crippen LogP contribution is -1.99. The van der Waals surface area contributed by atoms with Crippen molar-refractivity contribution in [2.24, 2.45) is 0 Å². The van der Waals surface area contributed by atoms with Gasteiger partial charge in [-0.15, -0.1) is 11.3 Å². The van der Waals surface area contributed by atoms with Crippen molar-refractivity contribution in [3.63, 3.8) is 0 Å². The molecule has 104 valence electrons. The summed E-state index contributed by atoms with van der Waals surface area (Å²) in [6.07, 6.45) is 3.39. The number of carbonyl (C=O) groups is 1. The molecule has 0 saturated carbocycles. The lowest BCUT2D eigenvalue weighted by molar-refractivity contribution is 0.104. The summed E-state index contributed by atoms with van der Waals surface area (Å²) in [5.74, 6) is 1.09. The maximum absolute atomic E-state index is 12.2. The lowest BCUT2D eigenvalue weighted by Gasteiger charge is -2.07. The van der Waals surface area contributed by atoms with E-state index < -0.39 is 0 Å². The monoisotopic (exact) mass is 288 g/mol. The molecule has 0 atom stereocenters. The second-order valence-electron chi connectivity index (χ2n) is 4.21. The summed E-state index contributed by atoms with van der Waals surface area (Å²) in [6.45, 7) is 2.04. The van der Waals surface area contributed by atoms with Crippen molar-refractivity contribution in [1.82, 2.24) is 0 Å². The zero-order valence-corrected chi connectivity index (χ0v) is 12.5. The Morgan fingerprint density at radius 3 is 2.55 bits per heavy atom. The van der Waals surface area contributed by atoms with Gasteiger partial charge in [0.25, 0.3) is 0 Å². The zero-order valence-electron chi connectivity index (χ0n) is 11.7. The predicted molar refractivity (Wildman–Crippen MR) is 82.0 cm³/mol. The average molecular weight is 288 g/mol. The first-order chi connectivity index (χ1) is 9.63. The Bertz CT molecular complexity index is 641. The molecular weight excluding hydrogens is 272 g/mol. The topological polar surface area (TPSA) is 35.5 Å². The fourth-order valence-electron chi connectivity index (χ4n) is 1.79. The molecule has 2 rings (SSSR count). The number of allylic oxidation sites excluding steroid dienone is 1. The largest absolute Gasteiger partial charge is 0.497 e. The number of benzene rings is 1. The van der Waals surface area contributed by atoms with Crippen LogP contribution in [0.5, 0.6) is 11.5 Å². The van der Waals surface area contributed by atoms with Crippen LogP contribution in [0.4, 0.5) is 0 Å². The number of rotatable bonds is 5. The molecule has 0 unspecified atom stereocenters. The van der Waals surface area contributed by atoms with Crippen molar-refractivity contribution < 1.29 is 14.3 Å². The number of ketones is 1. The summed E-state index contributed by atoms with van der Waals surface area (Å²) in [5.41, 5.74) is 0.526. The van der Waals surface area contributed by atoms with E-state index in [0.29, 0.717) is 17.1 Å². The molecule has 0 aliphatic heterocycles. The highest BCUT2D eigenvalue weighted by Gasteiger charge is 2.10. The number of methoxy groups -OCH3 is 2. The summed E-state index contributed by atoms with van der Waals surface area (Å²) in [6, 6.07) is 9.19. The molecule has 0 saturated heterocycles. The molecule has 4 heteroatoms. The minimum atomic E-state index is -0.0874. The quantitative estimate of drug-likeness (QED) is 0.617. The van der Waals surface area contributed by atoms with Crippen LogP contribution in [0.2, 0.25) is 0 Å².